The standard InChI is InChI=1S/C16H20N2O2/c1-4-16(5-2,13-9-7-6-8-10-13)15-17-14(20-18-15)11-12(3)19/h6-10H,4-5,11H2,1-3H3. The summed E-state index contributed by atoms with van der Waals surface area (Å²) in [6, 6.07) is 10.2. The van der Waals surface area contributed by atoms with Crippen LogP contribution in [0.1, 0.15) is 50.9 Å². The van der Waals surface area contributed by atoms with Crippen molar-refractivity contribution >= 4 is 5.78 Å². The van der Waals surface area contributed by atoms with Gasteiger partial charge >= 0.3 is 0 Å². The molecular formula is C16H20N2O2. The molecule has 4 nitrogen and oxygen atoms in total. The maximum atomic E-state index is 11.2. The first kappa shape index (κ1) is 14.4. The topological polar surface area (TPSA) is 56.0 Å². The maximum Gasteiger partial charge on any atom is 0.234 e. The molecule has 2 rings (SSSR count). The molecule has 1 aromatic heterocycles. The van der Waals surface area contributed by atoms with Gasteiger partial charge in [-0.15, -0.1) is 0 Å². The Morgan fingerprint density at radius 1 is 1.20 bits per heavy atom. The molecule has 0 aliphatic rings. The van der Waals surface area contributed by atoms with E-state index in [4.69, 9.17) is 4.52 Å². The third-order valence-electron chi connectivity index (χ3n) is 3.83. The van der Waals surface area contributed by atoms with Crippen LogP contribution in [0.5, 0.6) is 0 Å². The van der Waals surface area contributed by atoms with Crippen molar-refractivity contribution in [3.8, 4) is 0 Å². The van der Waals surface area contributed by atoms with Crippen molar-refractivity contribution in [2.24, 2.45) is 0 Å². The molecule has 1 heterocycles. The monoisotopic (exact) mass is 272 g/mol. The van der Waals surface area contributed by atoms with Gasteiger partial charge in [0.2, 0.25) is 5.89 Å². The number of hydrogen-bond acceptors (Lipinski definition) is 4. The van der Waals surface area contributed by atoms with Crippen molar-refractivity contribution < 1.29 is 9.32 Å². The molecule has 106 valence electrons. The Balaban J connectivity index is 2.43. The quantitative estimate of drug-likeness (QED) is 0.809. The number of rotatable bonds is 6. The molecule has 0 radical (unpaired) electrons. The summed E-state index contributed by atoms with van der Waals surface area (Å²) < 4.78 is 5.22. The average molecular weight is 272 g/mol. The summed E-state index contributed by atoms with van der Waals surface area (Å²) in [5, 5.41) is 4.12. The van der Waals surface area contributed by atoms with Crippen LogP contribution < -0.4 is 0 Å². The minimum atomic E-state index is -0.250. The van der Waals surface area contributed by atoms with Gasteiger partial charge in [0, 0.05) is 0 Å². The molecule has 2 aromatic rings. The summed E-state index contributed by atoms with van der Waals surface area (Å²) in [6.45, 7) is 5.77. The molecule has 0 amide bonds. The molecule has 0 unspecified atom stereocenters. The van der Waals surface area contributed by atoms with Crippen LogP contribution in [-0.2, 0) is 16.6 Å². The van der Waals surface area contributed by atoms with Gasteiger partial charge < -0.3 is 4.52 Å². The number of benzene rings is 1. The van der Waals surface area contributed by atoms with Gasteiger partial charge in [-0.25, -0.2) is 0 Å². The minimum absolute atomic E-state index is 0.0264. The van der Waals surface area contributed by atoms with Crippen LogP contribution in [-0.4, -0.2) is 15.9 Å². The van der Waals surface area contributed by atoms with Crippen molar-refractivity contribution in [1.29, 1.82) is 0 Å². The molecule has 4 heteroatoms. The lowest BCUT2D eigenvalue weighted by atomic mass is 9.75. The van der Waals surface area contributed by atoms with Gasteiger partial charge in [0.25, 0.3) is 0 Å². The second-order valence-corrected chi connectivity index (χ2v) is 5.05. The first-order valence-corrected chi connectivity index (χ1v) is 7.00. The first-order valence-electron chi connectivity index (χ1n) is 7.00. The van der Waals surface area contributed by atoms with Crippen LogP contribution in [0.25, 0.3) is 0 Å². The van der Waals surface area contributed by atoms with E-state index in [1.165, 1.54) is 12.5 Å². The van der Waals surface area contributed by atoms with Crippen molar-refractivity contribution in [2.45, 2.75) is 45.4 Å². The second kappa shape index (κ2) is 5.99. The fraction of sp³-hybridized carbons (Fsp3) is 0.438. The summed E-state index contributed by atoms with van der Waals surface area (Å²) in [4.78, 5) is 15.6. The molecule has 20 heavy (non-hydrogen) atoms. The number of aromatic nitrogens is 2. The highest BCUT2D eigenvalue weighted by molar-refractivity contribution is 5.77. The van der Waals surface area contributed by atoms with E-state index in [2.05, 4.69) is 36.1 Å². The Hall–Kier alpha value is -1.97. The molecule has 0 saturated carbocycles. The zero-order valence-electron chi connectivity index (χ0n) is 12.2. The van der Waals surface area contributed by atoms with Gasteiger partial charge in [0.15, 0.2) is 5.82 Å². The van der Waals surface area contributed by atoms with E-state index in [9.17, 15) is 4.79 Å². The van der Waals surface area contributed by atoms with E-state index in [1.807, 2.05) is 18.2 Å². The zero-order chi connectivity index (χ0) is 14.6. The predicted octanol–water partition coefficient (Wildman–Crippen LogP) is 3.31. The highest BCUT2D eigenvalue weighted by atomic mass is 16.5. The van der Waals surface area contributed by atoms with E-state index in [1.54, 1.807) is 0 Å². The van der Waals surface area contributed by atoms with Crippen molar-refractivity contribution in [3.63, 3.8) is 0 Å². The number of Topliss-reactive ketones (excluding diaryl/α,β-unsaturated/α-hetero) is 1. The van der Waals surface area contributed by atoms with Gasteiger partial charge in [-0.3, -0.25) is 4.79 Å². The number of ketones is 1. The van der Waals surface area contributed by atoms with E-state index < -0.39 is 0 Å². The second-order valence-electron chi connectivity index (χ2n) is 5.05. The van der Waals surface area contributed by atoms with Gasteiger partial charge in [-0.1, -0.05) is 49.3 Å². The minimum Gasteiger partial charge on any atom is -0.339 e. The smallest absolute Gasteiger partial charge is 0.234 e. The molecular weight excluding hydrogens is 252 g/mol. The summed E-state index contributed by atoms with van der Waals surface area (Å²) in [5.74, 6) is 1.10. The molecule has 0 aliphatic carbocycles. The number of carbonyl (C=O) groups excluding carboxylic acids is 1. The lowest BCUT2D eigenvalue weighted by Gasteiger charge is -2.28. The molecule has 0 aliphatic heterocycles. The molecule has 0 fully saturated rings. The van der Waals surface area contributed by atoms with Crippen LogP contribution in [0.3, 0.4) is 0 Å². The molecule has 0 saturated heterocycles. The van der Waals surface area contributed by atoms with E-state index in [0.717, 1.165) is 12.8 Å². The third kappa shape index (κ3) is 2.64. The number of hydrogen-bond donors (Lipinski definition) is 0. The summed E-state index contributed by atoms with van der Waals surface area (Å²) in [5.41, 5.74) is 0.931. The SMILES string of the molecule is CCC(CC)(c1ccccc1)c1noc(CC(C)=O)n1. The fourth-order valence-electron chi connectivity index (χ4n) is 2.59. The van der Waals surface area contributed by atoms with Gasteiger partial charge in [0.1, 0.15) is 5.78 Å². The third-order valence-corrected chi connectivity index (χ3v) is 3.83. The molecule has 0 spiro atoms. The van der Waals surface area contributed by atoms with Crippen LogP contribution in [0.15, 0.2) is 34.9 Å². The van der Waals surface area contributed by atoms with Crippen LogP contribution >= 0.6 is 0 Å². The van der Waals surface area contributed by atoms with Crippen molar-refractivity contribution in [3.05, 3.63) is 47.6 Å². The number of carbonyl (C=O) groups is 1. The Morgan fingerprint density at radius 3 is 2.40 bits per heavy atom. The lowest BCUT2D eigenvalue weighted by molar-refractivity contribution is -0.116. The highest BCUT2D eigenvalue weighted by Crippen LogP contribution is 2.36. The zero-order valence-corrected chi connectivity index (χ0v) is 12.2. The predicted molar refractivity (Wildman–Crippen MR) is 76.5 cm³/mol. The Kier molecular flexibility index (Phi) is 4.32. The molecule has 1 aromatic carbocycles. The summed E-state index contributed by atoms with van der Waals surface area (Å²) in [7, 11) is 0. The van der Waals surface area contributed by atoms with Gasteiger partial charge in [-0.05, 0) is 25.3 Å². The average Bonchev–Trinajstić information content (AvgIpc) is 2.90. The summed E-state index contributed by atoms with van der Waals surface area (Å²) >= 11 is 0. The largest absolute Gasteiger partial charge is 0.339 e. The van der Waals surface area contributed by atoms with Crippen LogP contribution in [0, 0.1) is 0 Å². The fourth-order valence-corrected chi connectivity index (χ4v) is 2.59. The first-order chi connectivity index (χ1) is 9.62. The normalized spacial score (nSPS) is 11.6. The Morgan fingerprint density at radius 2 is 1.85 bits per heavy atom. The lowest BCUT2D eigenvalue weighted by Crippen LogP contribution is -2.27. The van der Waals surface area contributed by atoms with Crippen LogP contribution in [0.2, 0.25) is 0 Å². The van der Waals surface area contributed by atoms with Crippen molar-refractivity contribution in [2.75, 3.05) is 0 Å². The maximum absolute atomic E-state index is 11.2. The number of nitrogens with zero attached hydrogens (tertiary/aromatic N) is 2. The van der Waals surface area contributed by atoms with Crippen molar-refractivity contribution in [1.82, 2.24) is 10.1 Å². The Labute approximate surface area is 119 Å². The molecule has 0 bridgehead atoms. The van der Waals surface area contributed by atoms with E-state index >= 15 is 0 Å². The highest BCUT2D eigenvalue weighted by Gasteiger charge is 2.35. The van der Waals surface area contributed by atoms with E-state index in [-0.39, 0.29) is 17.6 Å². The molecule has 0 N–H and O–H groups in total. The van der Waals surface area contributed by atoms with Crippen LogP contribution in [0.4, 0.5) is 0 Å². The summed E-state index contributed by atoms with van der Waals surface area (Å²) in [6.07, 6.45) is 1.96. The Bertz CT molecular complexity index is 571. The van der Waals surface area contributed by atoms with E-state index in [0.29, 0.717) is 11.7 Å². The molecule has 0 atom stereocenters. The van der Waals surface area contributed by atoms with Gasteiger partial charge in [0.05, 0.1) is 11.8 Å². The van der Waals surface area contributed by atoms with Gasteiger partial charge in [-0.2, -0.15) is 4.98 Å².